The smallest absolute Gasteiger partial charge is 0.0217 e. The molecule has 2 nitrogen and oxygen atoms in total. The summed E-state index contributed by atoms with van der Waals surface area (Å²) in [7, 11) is 4.32. The van der Waals surface area contributed by atoms with Gasteiger partial charge in [0.2, 0.25) is 0 Å². The van der Waals surface area contributed by atoms with Gasteiger partial charge in [-0.2, -0.15) is 0 Å². The van der Waals surface area contributed by atoms with Crippen LogP contribution in [-0.2, 0) is 0 Å². The molecule has 3 heteroatoms. The number of hydrogen-bond acceptors (Lipinski definition) is 2. The Balaban J connectivity index is 2.33. The molecule has 1 saturated heterocycles. The molecule has 1 heterocycles. The third-order valence-electron chi connectivity index (χ3n) is 2.66. The molecule has 0 aromatic carbocycles. The zero-order valence-corrected chi connectivity index (χ0v) is 9.30. The van der Waals surface area contributed by atoms with Crippen molar-refractivity contribution in [2.75, 3.05) is 33.7 Å². The van der Waals surface area contributed by atoms with Crippen LogP contribution in [0, 0.1) is 0 Å². The fourth-order valence-electron chi connectivity index (χ4n) is 1.81. The van der Waals surface area contributed by atoms with Crippen LogP contribution in [0.25, 0.3) is 0 Å². The summed E-state index contributed by atoms with van der Waals surface area (Å²) in [6.07, 6.45) is 4.65. The van der Waals surface area contributed by atoms with Gasteiger partial charge >= 0.3 is 0 Å². The number of piperidine rings is 1. The Labute approximate surface area is 86.2 Å². The van der Waals surface area contributed by atoms with Gasteiger partial charge in [0.25, 0.3) is 0 Å². The molecule has 13 heavy (non-hydrogen) atoms. The van der Waals surface area contributed by atoms with Crippen molar-refractivity contribution >= 4 is 11.6 Å². The van der Waals surface area contributed by atoms with Crippen molar-refractivity contribution in [3.63, 3.8) is 0 Å². The largest absolute Gasteiger partial charge is 0.305 e. The summed E-state index contributed by atoms with van der Waals surface area (Å²) in [6, 6.07) is 0.720. The van der Waals surface area contributed by atoms with Gasteiger partial charge in [-0.15, -0.1) is 0 Å². The SMILES string of the molecule is CN(C)C1CCCN(C/C=C/Cl)C1. The van der Waals surface area contributed by atoms with E-state index in [4.69, 9.17) is 11.6 Å². The van der Waals surface area contributed by atoms with Crippen molar-refractivity contribution < 1.29 is 0 Å². The lowest BCUT2D eigenvalue weighted by molar-refractivity contribution is 0.143. The highest BCUT2D eigenvalue weighted by Crippen LogP contribution is 2.13. The second-order valence-corrected chi connectivity index (χ2v) is 4.13. The van der Waals surface area contributed by atoms with Gasteiger partial charge in [-0.25, -0.2) is 0 Å². The normalized spacial score (nSPS) is 26.0. The molecule has 1 unspecified atom stereocenters. The maximum Gasteiger partial charge on any atom is 0.0217 e. The van der Waals surface area contributed by atoms with Crippen molar-refractivity contribution in [3.8, 4) is 0 Å². The number of rotatable bonds is 3. The minimum Gasteiger partial charge on any atom is -0.305 e. The van der Waals surface area contributed by atoms with Crippen molar-refractivity contribution in [2.24, 2.45) is 0 Å². The lowest BCUT2D eigenvalue weighted by atomic mass is 10.1. The van der Waals surface area contributed by atoms with Crippen LogP contribution < -0.4 is 0 Å². The van der Waals surface area contributed by atoms with Gasteiger partial charge in [-0.05, 0) is 33.5 Å². The molecule has 0 aromatic rings. The fraction of sp³-hybridized carbons (Fsp3) is 0.800. The van der Waals surface area contributed by atoms with Gasteiger partial charge in [0.1, 0.15) is 0 Å². The Bertz CT molecular complexity index is 168. The number of likely N-dealkylation sites (N-methyl/N-ethyl adjacent to an activating group) is 1. The zero-order chi connectivity index (χ0) is 9.68. The molecule has 0 N–H and O–H groups in total. The van der Waals surface area contributed by atoms with E-state index in [0.29, 0.717) is 0 Å². The predicted octanol–water partition coefficient (Wildman–Crippen LogP) is 1.76. The first kappa shape index (κ1) is 11.0. The van der Waals surface area contributed by atoms with Crippen LogP contribution in [0.3, 0.4) is 0 Å². The third kappa shape index (κ3) is 3.67. The Morgan fingerprint density at radius 3 is 2.92 bits per heavy atom. The van der Waals surface area contributed by atoms with Crippen LogP contribution in [0.1, 0.15) is 12.8 Å². The summed E-state index contributed by atoms with van der Waals surface area (Å²) in [5, 5.41) is 0. The quantitative estimate of drug-likeness (QED) is 0.689. The maximum absolute atomic E-state index is 5.50. The van der Waals surface area contributed by atoms with E-state index in [2.05, 4.69) is 23.9 Å². The highest BCUT2D eigenvalue weighted by atomic mass is 35.5. The molecule has 1 rings (SSSR count). The second kappa shape index (κ2) is 5.63. The van der Waals surface area contributed by atoms with E-state index in [1.54, 1.807) is 5.54 Å². The van der Waals surface area contributed by atoms with Crippen LogP contribution in [-0.4, -0.2) is 49.6 Å². The van der Waals surface area contributed by atoms with E-state index >= 15 is 0 Å². The zero-order valence-electron chi connectivity index (χ0n) is 8.54. The highest BCUT2D eigenvalue weighted by Gasteiger charge is 2.19. The van der Waals surface area contributed by atoms with Gasteiger partial charge in [0, 0.05) is 24.7 Å². The number of likely N-dealkylation sites (tertiary alicyclic amines) is 1. The molecule has 1 aliphatic rings. The average molecular weight is 203 g/mol. The van der Waals surface area contributed by atoms with Gasteiger partial charge in [0.05, 0.1) is 0 Å². The maximum atomic E-state index is 5.50. The monoisotopic (exact) mass is 202 g/mol. The molecule has 0 bridgehead atoms. The molecule has 0 aromatic heterocycles. The molecule has 1 aliphatic heterocycles. The molecule has 0 saturated carbocycles. The Hall–Kier alpha value is -0.0500. The van der Waals surface area contributed by atoms with Crippen molar-refractivity contribution in [1.82, 2.24) is 9.80 Å². The van der Waals surface area contributed by atoms with Crippen LogP contribution in [0.15, 0.2) is 11.6 Å². The third-order valence-corrected chi connectivity index (χ3v) is 2.84. The summed E-state index contributed by atoms with van der Waals surface area (Å²) in [5.74, 6) is 0. The second-order valence-electron chi connectivity index (χ2n) is 3.88. The van der Waals surface area contributed by atoms with Gasteiger partial charge < -0.3 is 4.90 Å². The molecule has 1 fully saturated rings. The first-order chi connectivity index (χ1) is 6.24. The van der Waals surface area contributed by atoms with E-state index < -0.39 is 0 Å². The molecular formula is C10H19ClN2. The van der Waals surface area contributed by atoms with E-state index in [9.17, 15) is 0 Å². The number of nitrogens with zero attached hydrogens (tertiary/aromatic N) is 2. The Kier molecular flexibility index (Phi) is 4.78. The summed E-state index contributed by atoms with van der Waals surface area (Å²) in [4.78, 5) is 4.77. The number of hydrogen-bond donors (Lipinski definition) is 0. The lowest BCUT2D eigenvalue weighted by Gasteiger charge is -2.35. The Morgan fingerprint density at radius 2 is 2.31 bits per heavy atom. The lowest BCUT2D eigenvalue weighted by Crippen LogP contribution is -2.44. The highest BCUT2D eigenvalue weighted by molar-refractivity contribution is 6.25. The molecule has 76 valence electrons. The first-order valence-electron chi connectivity index (χ1n) is 4.88. The predicted molar refractivity (Wildman–Crippen MR) is 58.1 cm³/mol. The topological polar surface area (TPSA) is 6.48 Å². The van der Waals surface area contributed by atoms with E-state index in [0.717, 1.165) is 12.6 Å². The molecule has 0 spiro atoms. The van der Waals surface area contributed by atoms with Gasteiger partial charge in [-0.3, -0.25) is 4.90 Å². The van der Waals surface area contributed by atoms with E-state index in [1.165, 1.54) is 25.9 Å². The van der Waals surface area contributed by atoms with Crippen LogP contribution in [0.5, 0.6) is 0 Å². The van der Waals surface area contributed by atoms with E-state index in [1.807, 2.05) is 6.08 Å². The Morgan fingerprint density at radius 1 is 1.54 bits per heavy atom. The van der Waals surface area contributed by atoms with Crippen molar-refractivity contribution in [2.45, 2.75) is 18.9 Å². The first-order valence-corrected chi connectivity index (χ1v) is 5.31. The molecular weight excluding hydrogens is 184 g/mol. The molecule has 1 atom stereocenters. The standard InChI is InChI=1S/C10H19ClN2/c1-12(2)10-5-3-7-13(9-10)8-4-6-11/h4,6,10H,3,5,7-9H2,1-2H3/b6-4+. The van der Waals surface area contributed by atoms with Crippen molar-refractivity contribution in [1.29, 1.82) is 0 Å². The minimum absolute atomic E-state index is 0.720. The molecule has 0 amide bonds. The van der Waals surface area contributed by atoms with Crippen LogP contribution >= 0.6 is 11.6 Å². The average Bonchev–Trinajstić information content (AvgIpc) is 2.15. The molecule has 0 radical (unpaired) electrons. The fourth-order valence-corrected chi connectivity index (χ4v) is 1.89. The summed E-state index contributed by atoms with van der Waals surface area (Å²) < 4.78 is 0. The summed E-state index contributed by atoms with van der Waals surface area (Å²) >= 11 is 5.50. The van der Waals surface area contributed by atoms with Crippen LogP contribution in [0.2, 0.25) is 0 Å². The molecule has 0 aliphatic carbocycles. The van der Waals surface area contributed by atoms with E-state index in [-0.39, 0.29) is 0 Å². The number of halogens is 1. The van der Waals surface area contributed by atoms with Gasteiger partial charge in [0.15, 0.2) is 0 Å². The van der Waals surface area contributed by atoms with Crippen molar-refractivity contribution in [3.05, 3.63) is 11.6 Å². The summed E-state index contributed by atoms with van der Waals surface area (Å²) in [5.41, 5.74) is 1.61. The summed E-state index contributed by atoms with van der Waals surface area (Å²) in [6.45, 7) is 3.38. The van der Waals surface area contributed by atoms with Gasteiger partial charge in [-0.1, -0.05) is 17.7 Å². The van der Waals surface area contributed by atoms with Crippen LogP contribution in [0.4, 0.5) is 0 Å². The minimum atomic E-state index is 0.720.